The summed E-state index contributed by atoms with van der Waals surface area (Å²) >= 11 is 0. The summed E-state index contributed by atoms with van der Waals surface area (Å²) < 4.78 is 0. The lowest BCUT2D eigenvalue weighted by atomic mass is 9.90. The van der Waals surface area contributed by atoms with Crippen molar-refractivity contribution in [3.63, 3.8) is 0 Å². The van der Waals surface area contributed by atoms with Crippen LogP contribution in [0.4, 0.5) is 0 Å². The Hall–Kier alpha value is -1.31. The van der Waals surface area contributed by atoms with E-state index in [0.29, 0.717) is 0 Å². The summed E-state index contributed by atoms with van der Waals surface area (Å²) in [5.74, 6) is -0.668. The van der Waals surface area contributed by atoms with Crippen molar-refractivity contribution in [1.29, 1.82) is 0 Å². The first-order valence-corrected chi connectivity index (χ1v) is 5.02. The predicted molar refractivity (Wildman–Crippen MR) is 54.4 cm³/mol. The molecule has 74 valence electrons. The van der Waals surface area contributed by atoms with E-state index in [0.717, 1.165) is 24.8 Å². The van der Waals surface area contributed by atoms with Crippen molar-refractivity contribution in [3.8, 4) is 0 Å². The van der Waals surface area contributed by atoms with Gasteiger partial charge in [0.2, 0.25) is 0 Å². The standard InChI is InChI=1S/C12H14O2/c1-2-9-5-3-4-6-10(9)12(7-8-12)11(13)14/h3-6H,2,7-8H2,1H3,(H,13,14). The van der Waals surface area contributed by atoms with Crippen LogP contribution in [0.25, 0.3) is 0 Å². The van der Waals surface area contributed by atoms with Crippen molar-refractivity contribution in [2.24, 2.45) is 0 Å². The van der Waals surface area contributed by atoms with Gasteiger partial charge in [0.1, 0.15) is 0 Å². The molecule has 1 aromatic rings. The van der Waals surface area contributed by atoms with Crippen LogP contribution in [0.1, 0.15) is 30.9 Å². The molecule has 1 aromatic carbocycles. The number of carbonyl (C=O) groups is 1. The molecule has 0 spiro atoms. The lowest BCUT2D eigenvalue weighted by molar-refractivity contribution is -0.140. The van der Waals surface area contributed by atoms with Gasteiger partial charge in [0.05, 0.1) is 5.41 Å². The molecule has 0 unspecified atom stereocenters. The predicted octanol–water partition coefficient (Wildman–Crippen LogP) is 2.37. The molecule has 1 fully saturated rings. The number of rotatable bonds is 3. The van der Waals surface area contributed by atoms with E-state index >= 15 is 0 Å². The van der Waals surface area contributed by atoms with Gasteiger partial charge in [-0.25, -0.2) is 0 Å². The zero-order valence-corrected chi connectivity index (χ0v) is 8.29. The third kappa shape index (κ3) is 1.22. The molecule has 2 rings (SSSR count). The number of hydrogen-bond acceptors (Lipinski definition) is 1. The molecule has 14 heavy (non-hydrogen) atoms. The molecule has 0 radical (unpaired) electrons. The van der Waals surface area contributed by atoms with Crippen LogP contribution >= 0.6 is 0 Å². The van der Waals surface area contributed by atoms with Gasteiger partial charge in [-0.3, -0.25) is 4.79 Å². The van der Waals surface area contributed by atoms with Crippen LogP contribution in [-0.4, -0.2) is 11.1 Å². The van der Waals surface area contributed by atoms with Crippen LogP contribution in [0.2, 0.25) is 0 Å². The highest BCUT2D eigenvalue weighted by Gasteiger charge is 2.52. The first-order chi connectivity index (χ1) is 6.70. The average Bonchev–Trinajstić information content (AvgIpc) is 2.98. The second-order valence-electron chi connectivity index (χ2n) is 3.90. The summed E-state index contributed by atoms with van der Waals surface area (Å²) in [6, 6.07) is 7.88. The van der Waals surface area contributed by atoms with E-state index < -0.39 is 11.4 Å². The van der Waals surface area contributed by atoms with E-state index in [-0.39, 0.29) is 0 Å². The molecule has 1 saturated carbocycles. The Kier molecular flexibility index (Phi) is 2.06. The minimum absolute atomic E-state index is 0.549. The average molecular weight is 190 g/mol. The minimum Gasteiger partial charge on any atom is -0.481 e. The maximum atomic E-state index is 11.2. The first-order valence-electron chi connectivity index (χ1n) is 5.02. The van der Waals surface area contributed by atoms with Crippen LogP contribution in [0, 0.1) is 0 Å². The Morgan fingerprint density at radius 3 is 2.57 bits per heavy atom. The van der Waals surface area contributed by atoms with E-state index in [4.69, 9.17) is 0 Å². The molecule has 0 aromatic heterocycles. The Bertz CT molecular complexity index is 364. The Morgan fingerprint density at radius 2 is 2.07 bits per heavy atom. The maximum absolute atomic E-state index is 11.2. The zero-order valence-electron chi connectivity index (χ0n) is 8.29. The Labute approximate surface area is 83.6 Å². The molecule has 1 aliphatic rings. The van der Waals surface area contributed by atoms with E-state index in [1.54, 1.807) is 0 Å². The molecule has 0 atom stereocenters. The molecule has 2 heteroatoms. The van der Waals surface area contributed by atoms with E-state index in [1.165, 1.54) is 5.56 Å². The van der Waals surface area contributed by atoms with Crippen LogP contribution < -0.4 is 0 Å². The SMILES string of the molecule is CCc1ccccc1C1(C(=O)O)CC1. The summed E-state index contributed by atoms with van der Waals surface area (Å²) in [6.07, 6.45) is 2.49. The fourth-order valence-electron chi connectivity index (χ4n) is 2.02. The Balaban J connectivity index is 2.46. The van der Waals surface area contributed by atoms with Crippen molar-refractivity contribution in [2.45, 2.75) is 31.6 Å². The first kappa shape index (κ1) is 9.25. The molecular weight excluding hydrogens is 176 g/mol. The minimum atomic E-state index is -0.668. The smallest absolute Gasteiger partial charge is 0.314 e. The summed E-state index contributed by atoms with van der Waals surface area (Å²) in [7, 11) is 0. The molecule has 0 amide bonds. The zero-order chi connectivity index (χ0) is 10.2. The number of benzene rings is 1. The van der Waals surface area contributed by atoms with Crippen LogP contribution in [0.3, 0.4) is 0 Å². The summed E-state index contributed by atoms with van der Waals surface area (Å²) in [6.45, 7) is 2.07. The van der Waals surface area contributed by atoms with Crippen molar-refractivity contribution >= 4 is 5.97 Å². The van der Waals surface area contributed by atoms with Crippen molar-refractivity contribution in [1.82, 2.24) is 0 Å². The van der Waals surface area contributed by atoms with Crippen LogP contribution in [0.15, 0.2) is 24.3 Å². The van der Waals surface area contributed by atoms with Crippen molar-refractivity contribution in [3.05, 3.63) is 35.4 Å². The second-order valence-corrected chi connectivity index (χ2v) is 3.90. The summed E-state index contributed by atoms with van der Waals surface area (Å²) in [5, 5.41) is 9.18. The quantitative estimate of drug-likeness (QED) is 0.794. The normalized spacial score (nSPS) is 17.8. The maximum Gasteiger partial charge on any atom is 0.314 e. The molecule has 2 nitrogen and oxygen atoms in total. The number of carboxylic acid groups (broad SMARTS) is 1. The van der Waals surface area contributed by atoms with E-state index in [2.05, 4.69) is 6.92 Å². The van der Waals surface area contributed by atoms with Crippen molar-refractivity contribution < 1.29 is 9.90 Å². The van der Waals surface area contributed by atoms with Gasteiger partial charge in [-0.2, -0.15) is 0 Å². The topological polar surface area (TPSA) is 37.3 Å². The Morgan fingerprint density at radius 1 is 1.43 bits per heavy atom. The van der Waals surface area contributed by atoms with Crippen molar-refractivity contribution in [2.75, 3.05) is 0 Å². The van der Waals surface area contributed by atoms with Gasteiger partial charge in [0, 0.05) is 0 Å². The fraction of sp³-hybridized carbons (Fsp3) is 0.417. The molecule has 0 heterocycles. The van der Waals surface area contributed by atoms with Gasteiger partial charge in [-0.1, -0.05) is 31.2 Å². The summed E-state index contributed by atoms with van der Waals surface area (Å²) in [4.78, 5) is 11.2. The van der Waals surface area contributed by atoms with E-state index in [1.807, 2.05) is 24.3 Å². The van der Waals surface area contributed by atoms with E-state index in [9.17, 15) is 9.90 Å². The highest BCUT2D eigenvalue weighted by atomic mass is 16.4. The third-order valence-corrected chi connectivity index (χ3v) is 3.07. The lowest BCUT2D eigenvalue weighted by Crippen LogP contribution is -2.21. The molecule has 0 saturated heterocycles. The second kappa shape index (κ2) is 3.12. The largest absolute Gasteiger partial charge is 0.481 e. The van der Waals surface area contributed by atoms with Crippen LogP contribution in [0.5, 0.6) is 0 Å². The van der Waals surface area contributed by atoms with Gasteiger partial charge < -0.3 is 5.11 Å². The summed E-state index contributed by atoms with van der Waals surface area (Å²) in [5.41, 5.74) is 1.65. The highest BCUT2D eigenvalue weighted by Crippen LogP contribution is 2.49. The van der Waals surface area contributed by atoms with Crippen LogP contribution in [-0.2, 0) is 16.6 Å². The molecule has 0 bridgehead atoms. The molecule has 1 aliphatic carbocycles. The molecular formula is C12H14O2. The van der Waals surface area contributed by atoms with Gasteiger partial charge in [0.25, 0.3) is 0 Å². The number of aryl methyl sites for hydroxylation is 1. The monoisotopic (exact) mass is 190 g/mol. The third-order valence-electron chi connectivity index (χ3n) is 3.07. The number of hydrogen-bond donors (Lipinski definition) is 1. The van der Waals surface area contributed by atoms with Gasteiger partial charge in [-0.05, 0) is 30.4 Å². The number of carboxylic acids is 1. The van der Waals surface area contributed by atoms with Gasteiger partial charge in [0.15, 0.2) is 0 Å². The molecule has 0 aliphatic heterocycles. The van der Waals surface area contributed by atoms with Gasteiger partial charge in [-0.15, -0.1) is 0 Å². The molecule has 1 N–H and O–H groups in total. The lowest BCUT2D eigenvalue weighted by Gasteiger charge is -2.14. The van der Waals surface area contributed by atoms with Gasteiger partial charge >= 0.3 is 5.97 Å². The number of aliphatic carboxylic acids is 1. The highest BCUT2D eigenvalue weighted by molar-refractivity contribution is 5.85. The fourth-order valence-corrected chi connectivity index (χ4v) is 2.02.